The quantitative estimate of drug-likeness (QED) is 0.307. The van der Waals surface area contributed by atoms with Crippen LogP contribution in [0.1, 0.15) is 31.7 Å². The summed E-state index contributed by atoms with van der Waals surface area (Å²) < 4.78 is 18.9. The molecule has 1 aromatic heterocycles. The zero-order valence-electron chi connectivity index (χ0n) is 26.1. The smallest absolute Gasteiger partial charge is 0.229 e. The van der Waals surface area contributed by atoms with Gasteiger partial charge in [0.25, 0.3) is 0 Å². The number of methoxy groups -OCH3 is 1. The summed E-state index contributed by atoms with van der Waals surface area (Å²) in [5.41, 5.74) is 4.01. The minimum atomic E-state index is -2.54. The number of allylic oxidation sites excluding steroid dienone is 5. The van der Waals surface area contributed by atoms with Crippen molar-refractivity contribution in [1.82, 2.24) is 19.8 Å². The van der Waals surface area contributed by atoms with Crippen molar-refractivity contribution in [1.29, 1.82) is 0 Å². The monoisotopic (exact) mass is 625 g/mol. The molecule has 0 amide bonds. The third kappa shape index (κ3) is 7.63. The predicted octanol–water partition coefficient (Wildman–Crippen LogP) is 6.42. The summed E-state index contributed by atoms with van der Waals surface area (Å²) in [5, 5.41) is 7.80. The fraction of sp³-hybridized carbons (Fsp3) is 0.500. The maximum Gasteiger partial charge on any atom is 0.229 e. The second kappa shape index (κ2) is 13.9. The van der Waals surface area contributed by atoms with E-state index in [4.69, 9.17) is 16.3 Å². The number of halogens is 1. The molecular weight excluding hydrogens is 581 g/mol. The van der Waals surface area contributed by atoms with Gasteiger partial charge in [0.15, 0.2) is 5.82 Å². The molecule has 43 heavy (non-hydrogen) atoms. The Hall–Kier alpha value is -2.84. The van der Waals surface area contributed by atoms with E-state index >= 15 is 0 Å². The molecule has 1 aromatic carbocycles. The molecule has 3 heterocycles. The van der Waals surface area contributed by atoms with E-state index in [2.05, 4.69) is 61.4 Å². The number of likely N-dealkylation sites (N-methyl/N-ethyl adjacent to an activating group) is 1. The lowest BCUT2D eigenvalue weighted by Crippen LogP contribution is -2.52. The molecule has 0 saturated carbocycles. The van der Waals surface area contributed by atoms with Crippen LogP contribution in [0.3, 0.4) is 0 Å². The van der Waals surface area contributed by atoms with Crippen LogP contribution in [0.4, 0.5) is 23.1 Å². The zero-order valence-corrected chi connectivity index (χ0v) is 27.7. The van der Waals surface area contributed by atoms with Crippen LogP contribution in [0.5, 0.6) is 5.75 Å². The van der Waals surface area contributed by atoms with Crippen LogP contribution in [0.25, 0.3) is 0 Å². The van der Waals surface area contributed by atoms with E-state index in [1.165, 1.54) is 37.2 Å². The van der Waals surface area contributed by atoms with Crippen molar-refractivity contribution in [2.75, 3.05) is 82.3 Å². The van der Waals surface area contributed by atoms with Crippen molar-refractivity contribution in [3.05, 3.63) is 64.2 Å². The van der Waals surface area contributed by atoms with Crippen molar-refractivity contribution in [2.45, 2.75) is 38.6 Å². The molecule has 2 fully saturated rings. The Morgan fingerprint density at radius 3 is 2.44 bits per heavy atom. The van der Waals surface area contributed by atoms with Gasteiger partial charge >= 0.3 is 0 Å². The molecule has 232 valence electrons. The van der Waals surface area contributed by atoms with Crippen molar-refractivity contribution >= 4 is 41.9 Å². The Morgan fingerprint density at radius 2 is 1.77 bits per heavy atom. The van der Waals surface area contributed by atoms with E-state index < -0.39 is 7.14 Å². The van der Waals surface area contributed by atoms with Gasteiger partial charge in [-0.15, -0.1) is 0 Å². The second-order valence-corrected chi connectivity index (χ2v) is 15.5. The van der Waals surface area contributed by atoms with Crippen LogP contribution in [-0.4, -0.2) is 92.6 Å². The summed E-state index contributed by atoms with van der Waals surface area (Å²) in [6.07, 6.45) is 13.5. The Labute approximate surface area is 261 Å². The summed E-state index contributed by atoms with van der Waals surface area (Å²) >= 11 is 6.52. The number of nitrogens with one attached hydrogen (secondary N) is 2. The van der Waals surface area contributed by atoms with E-state index in [1.807, 2.05) is 24.3 Å². The predicted molar refractivity (Wildman–Crippen MR) is 180 cm³/mol. The molecule has 3 aliphatic rings. The Bertz CT molecular complexity index is 1440. The summed E-state index contributed by atoms with van der Waals surface area (Å²) in [6, 6.07) is 4.96. The average molecular weight is 626 g/mol. The van der Waals surface area contributed by atoms with E-state index in [0.29, 0.717) is 22.8 Å². The minimum Gasteiger partial charge on any atom is -0.494 e. The Morgan fingerprint density at radius 1 is 1.05 bits per heavy atom. The maximum atomic E-state index is 13.0. The zero-order chi connectivity index (χ0) is 30.6. The van der Waals surface area contributed by atoms with Gasteiger partial charge in [0.1, 0.15) is 17.9 Å². The van der Waals surface area contributed by atoms with Gasteiger partial charge in [0.05, 0.1) is 24.7 Å². The highest BCUT2D eigenvalue weighted by atomic mass is 35.5. The first-order valence-electron chi connectivity index (χ1n) is 15.2. The molecule has 0 bridgehead atoms. The van der Waals surface area contributed by atoms with Gasteiger partial charge in [-0.2, -0.15) is 4.98 Å². The first-order valence-corrected chi connectivity index (χ1v) is 18.2. The number of benzene rings is 1. The van der Waals surface area contributed by atoms with Gasteiger partial charge in [0.2, 0.25) is 5.95 Å². The van der Waals surface area contributed by atoms with E-state index in [1.54, 1.807) is 26.6 Å². The third-order valence-electron chi connectivity index (χ3n) is 8.57. The number of piperidine rings is 1. The van der Waals surface area contributed by atoms with Gasteiger partial charge in [-0.1, -0.05) is 36.8 Å². The lowest BCUT2D eigenvalue weighted by Gasteiger charge is -2.43. The van der Waals surface area contributed by atoms with E-state index in [9.17, 15) is 4.57 Å². The molecule has 1 aliphatic carbocycles. The van der Waals surface area contributed by atoms with Gasteiger partial charge in [-0.05, 0) is 63.8 Å². The number of hydrogen-bond acceptors (Lipinski definition) is 9. The molecule has 0 atom stereocenters. The first-order chi connectivity index (χ1) is 20.7. The van der Waals surface area contributed by atoms with Gasteiger partial charge in [-0.3, -0.25) is 4.90 Å². The van der Waals surface area contributed by atoms with Crippen molar-refractivity contribution in [3.63, 3.8) is 0 Å². The average Bonchev–Trinajstić information content (AvgIpc) is 3.25. The van der Waals surface area contributed by atoms with Crippen LogP contribution in [0.2, 0.25) is 5.02 Å². The molecule has 2 saturated heterocycles. The van der Waals surface area contributed by atoms with Crippen molar-refractivity contribution in [3.8, 4) is 5.75 Å². The van der Waals surface area contributed by atoms with Gasteiger partial charge in [0, 0.05) is 62.4 Å². The molecule has 0 unspecified atom stereocenters. The van der Waals surface area contributed by atoms with Gasteiger partial charge < -0.3 is 29.7 Å². The van der Waals surface area contributed by atoms with E-state index in [-0.39, 0.29) is 0 Å². The molecule has 9 nitrogen and oxygen atoms in total. The van der Waals surface area contributed by atoms with Crippen LogP contribution in [-0.2, 0) is 11.0 Å². The minimum absolute atomic E-state index is 0.373. The summed E-state index contributed by atoms with van der Waals surface area (Å²) in [4.78, 5) is 16.8. The summed E-state index contributed by atoms with van der Waals surface area (Å²) in [5.74, 6) is 1.57. The molecule has 0 radical (unpaired) electrons. The number of rotatable bonds is 9. The topological polar surface area (TPSA) is 85.9 Å². The third-order valence-corrected chi connectivity index (χ3v) is 10.4. The number of aromatic nitrogens is 2. The molecule has 0 spiro atoms. The van der Waals surface area contributed by atoms with Crippen molar-refractivity contribution < 1.29 is 9.30 Å². The van der Waals surface area contributed by atoms with Crippen LogP contribution in [0.15, 0.2) is 53.6 Å². The standard InChI is InChI=1S/C32H45ClN7O2P/c1-6-23-20-27(29(42-3)21-28(23)40-14-12-24(13-15-40)39-18-16-38(2)17-19-39)36-32-34-22-25(33)31(37-32)35-26-10-8-7-9-11-30(26)43(4,5)41/h8-11,20-22,24H,6-7,12-19H2,1-5H3,(H2,34,35,36,37). The van der Waals surface area contributed by atoms with Crippen LogP contribution < -0.4 is 20.3 Å². The maximum absolute atomic E-state index is 13.0. The number of anilines is 4. The first kappa shape index (κ1) is 31.6. The molecule has 2 aromatic rings. The number of aryl methyl sites for hydroxylation is 1. The number of piperazine rings is 1. The molecular formula is C32H45ClN7O2P. The largest absolute Gasteiger partial charge is 0.494 e. The molecule has 11 heteroatoms. The highest BCUT2D eigenvalue weighted by molar-refractivity contribution is 7.67. The SMILES string of the molecule is CCc1cc(Nc2ncc(Cl)c(NC3=C(P(C)(C)=O)C=CCC=C3)n2)c(OC)cc1N1CCC(N2CCN(C)CC2)CC1. The highest BCUT2D eigenvalue weighted by Gasteiger charge is 2.28. The van der Waals surface area contributed by atoms with Crippen LogP contribution in [0, 0.1) is 0 Å². The number of ether oxygens (including phenoxy) is 1. The fourth-order valence-corrected chi connectivity index (χ4v) is 7.39. The van der Waals surface area contributed by atoms with Gasteiger partial charge in [-0.25, -0.2) is 4.98 Å². The Kier molecular flexibility index (Phi) is 10.2. The van der Waals surface area contributed by atoms with E-state index in [0.717, 1.165) is 61.5 Å². The lowest BCUT2D eigenvalue weighted by atomic mass is 9.99. The molecule has 2 N–H and O–H groups in total. The second-order valence-electron chi connectivity index (χ2n) is 11.9. The highest BCUT2D eigenvalue weighted by Crippen LogP contribution is 2.49. The fourth-order valence-electron chi connectivity index (χ4n) is 6.07. The number of hydrogen-bond donors (Lipinski definition) is 2. The summed E-state index contributed by atoms with van der Waals surface area (Å²) in [6.45, 7) is 12.5. The summed E-state index contributed by atoms with van der Waals surface area (Å²) in [7, 11) is 1.37. The lowest BCUT2D eigenvalue weighted by molar-refractivity contribution is 0.0982. The normalized spacial score (nSPS) is 19.1. The number of nitrogens with zero attached hydrogens (tertiary/aromatic N) is 5. The van der Waals surface area contributed by atoms with Crippen LogP contribution >= 0.6 is 18.7 Å². The Balaban J connectivity index is 1.34. The molecule has 5 rings (SSSR count). The van der Waals surface area contributed by atoms with Crippen molar-refractivity contribution in [2.24, 2.45) is 0 Å². The molecule has 2 aliphatic heterocycles.